The van der Waals surface area contributed by atoms with Crippen molar-refractivity contribution in [2.24, 2.45) is 0 Å². The highest BCUT2D eigenvalue weighted by Crippen LogP contribution is 2.49. The molecule has 2 atom stereocenters. The maximum atomic E-state index is 14.2. The summed E-state index contributed by atoms with van der Waals surface area (Å²) < 4.78 is 0. The van der Waals surface area contributed by atoms with Crippen molar-refractivity contribution in [3.8, 4) is 12.1 Å². The molecule has 8 nitrogen and oxygen atoms in total. The van der Waals surface area contributed by atoms with Crippen molar-refractivity contribution in [3.63, 3.8) is 0 Å². The Kier molecular flexibility index (Phi) is 7.63. The number of hydrogen-bond donors (Lipinski definition) is 0. The van der Waals surface area contributed by atoms with Crippen LogP contribution in [0, 0.1) is 22.7 Å². The first-order valence-corrected chi connectivity index (χ1v) is 17.1. The molecule has 0 radical (unpaired) electrons. The number of rotatable bonds is 10. The number of unbranched alkanes of at least 4 members (excludes halogenated alkanes) is 2. The van der Waals surface area contributed by atoms with Crippen LogP contribution in [0.3, 0.4) is 0 Å². The average Bonchev–Trinajstić information content (AvgIpc) is 3.11. The van der Waals surface area contributed by atoms with Crippen LogP contribution in [-0.4, -0.2) is 45.5 Å². The topological polar surface area (TPSA) is 122 Å². The van der Waals surface area contributed by atoms with E-state index in [1.54, 1.807) is 36.4 Å². The van der Waals surface area contributed by atoms with Gasteiger partial charge in [0.1, 0.15) is 0 Å². The Morgan fingerprint density at radius 2 is 0.917 bits per heavy atom. The molecule has 0 saturated carbocycles. The first-order valence-electron chi connectivity index (χ1n) is 17.1. The highest BCUT2D eigenvalue weighted by molar-refractivity contribution is 6.42. The molecule has 5 aromatic carbocycles. The molecular weight excluding hydrogens is 600 g/mol. The number of imide groups is 2. The largest absolute Gasteiger partial charge is 0.271 e. The highest BCUT2D eigenvalue weighted by atomic mass is 16.2. The van der Waals surface area contributed by atoms with Gasteiger partial charge in [-0.1, -0.05) is 65.5 Å². The number of amides is 4. The fraction of sp³-hybridized carbons (Fsp3) is 0.350. The molecule has 5 aromatic rings. The van der Waals surface area contributed by atoms with Crippen LogP contribution in [0.25, 0.3) is 43.1 Å². The third-order valence-corrected chi connectivity index (χ3v) is 10.6. The number of nitrogens with zero attached hydrogens (tertiary/aromatic N) is 4. The van der Waals surface area contributed by atoms with Crippen molar-refractivity contribution in [2.45, 2.75) is 91.1 Å². The van der Waals surface area contributed by atoms with Gasteiger partial charge in [0.15, 0.2) is 0 Å². The smallest absolute Gasteiger partial charge is 0.261 e. The number of fused-ring (bicyclic) bond motifs is 2. The highest BCUT2D eigenvalue weighted by Gasteiger charge is 2.41. The first kappa shape index (κ1) is 31.3. The molecule has 0 N–H and O–H groups in total. The summed E-state index contributed by atoms with van der Waals surface area (Å²) in [5, 5.41) is 25.4. The predicted octanol–water partition coefficient (Wildman–Crippen LogP) is 8.61. The van der Waals surface area contributed by atoms with Crippen molar-refractivity contribution in [3.05, 3.63) is 69.8 Å². The van der Waals surface area contributed by atoms with Crippen molar-refractivity contribution in [1.29, 1.82) is 10.5 Å². The second kappa shape index (κ2) is 11.7. The third-order valence-electron chi connectivity index (χ3n) is 10.6. The van der Waals surface area contributed by atoms with E-state index in [0.717, 1.165) is 25.7 Å². The molecular formula is C40H36N4O4. The van der Waals surface area contributed by atoms with Gasteiger partial charge < -0.3 is 0 Å². The summed E-state index contributed by atoms with van der Waals surface area (Å²) in [6.07, 6.45) is 6.26. The van der Waals surface area contributed by atoms with Gasteiger partial charge in [-0.05, 0) is 60.7 Å². The Bertz CT molecular complexity index is 2160. The van der Waals surface area contributed by atoms with Crippen molar-refractivity contribution in [1.82, 2.24) is 9.80 Å². The van der Waals surface area contributed by atoms with E-state index in [4.69, 9.17) is 0 Å². The molecule has 0 fully saturated rings. The molecule has 0 aliphatic carbocycles. The number of carbonyl (C=O) groups excluding carboxylic acids is 4. The molecule has 2 aliphatic rings. The molecule has 8 heteroatoms. The first-order chi connectivity index (χ1) is 23.3. The third kappa shape index (κ3) is 4.12. The van der Waals surface area contributed by atoms with E-state index >= 15 is 0 Å². The SMILES string of the molecule is CCCCC(CC)N1C(=O)c2ccc3c4c(C#N)cc5c6c(ccc(c7c(C#N)cc(c2c37)C1=O)c64)C(=O)N(C(CC)CCCC)C5=O. The van der Waals surface area contributed by atoms with E-state index in [1.807, 2.05) is 13.8 Å². The van der Waals surface area contributed by atoms with Crippen LogP contribution in [0.15, 0.2) is 36.4 Å². The summed E-state index contributed by atoms with van der Waals surface area (Å²) in [6.45, 7) is 8.09. The van der Waals surface area contributed by atoms with E-state index in [9.17, 15) is 29.7 Å². The molecule has 0 bridgehead atoms. The van der Waals surface area contributed by atoms with Crippen LogP contribution in [0.1, 0.15) is 132 Å². The lowest BCUT2D eigenvalue weighted by Gasteiger charge is -2.35. The maximum absolute atomic E-state index is 14.2. The van der Waals surface area contributed by atoms with Gasteiger partial charge in [0.25, 0.3) is 23.6 Å². The monoisotopic (exact) mass is 636 g/mol. The van der Waals surface area contributed by atoms with Gasteiger partial charge in [-0.25, -0.2) is 0 Å². The van der Waals surface area contributed by atoms with Crippen LogP contribution >= 0.6 is 0 Å². The number of nitriles is 2. The number of benzene rings is 5. The fourth-order valence-electron chi connectivity index (χ4n) is 8.26. The van der Waals surface area contributed by atoms with Gasteiger partial charge in [-0.15, -0.1) is 0 Å². The van der Waals surface area contributed by atoms with Gasteiger partial charge in [-0.2, -0.15) is 10.5 Å². The number of hydrogen-bond acceptors (Lipinski definition) is 6. The Labute approximate surface area is 278 Å². The summed E-state index contributed by atoms with van der Waals surface area (Å²) in [4.78, 5) is 59.3. The minimum atomic E-state index is -0.419. The molecule has 0 spiro atoms. The van der Waals surface area contributed by atoms with E-state index < -0.39 is 11.8 Å². The molecule has 2 unspecified atom stereocenters. The van der Waals surface area contributed by atoms with Gasteiger partial charge in [0.05, 0.1) is 34.4 Å². The summed E-state index contributed by atoms with van der Waals surface area (Å²) in [5.41, 5.74) is 1.87. The summed E-state index contributed by atoms with van der Waals surface area (Å²) in [6, 6.07) is 14.2. The lowest BCUT2D eigenvalue weighted by atomic mass is 9.79. The second-order valence-electron chi connectivity index (χ2n) is 13.1. The minimum Gasteiger partial charge on any atom is -0.271 e. The van der Waals surface area contributed by atoms with Crippen molar-refractivity contribution >= 4 is 66.7 Å². The Morgan fingerprint density at radius 3 is 1.25 bits per heavy atom. The molecule has 2 aliphatic heterocycles. The standard InChI is InChI=1S/C40H36N4O4/c1-5-9-11-23(7-3)43-37(45)27-15-13-25-32-22(20-42)18-30-34-28(38(46)44(40(30)48)24(8-4)12-10-6-2)16-14-26(36(32)34)31-21(19-41)17-29(39(43)47)33(27)35(25)31/h13-18,23-24H,5-12H2,1-4H3. The van der Waals surface area contributed by atoms with E-state index in [2.05, 4.69) is 26.0 Å². The predicted molar refractivity (Wildman–Crippen MR) is 185 cm³/mol. The normalized spacial score (nSPS) is 15.6. The zero-order chi connectivity index (χ0) is 34.0. The molecule has 2 heterocycles. The van der Waals surface area contributed by atoms with Crippen LogP contribution in [0.4, 0.5) is 0 Å². The average molecular weight is 637 g/mol. The fourth-order valence-corrected chi connectivity index (χ4v) is 8.26. The van der Waals surface area contributed by atoms with Crippen LogP contribution in [0.2, 0.25) is 0 Å². The maximum Gasteiger partial charge on any atom is 0.261 e. The quantitative estimate of drug-likeness (QED) is 0.0859. The lowest BCUT2D eigenvalue weighted by molar-refractivity contribution is 0.0508. The lowest BCUT2D eigenvalue weighted by Crippen LogP contribution is -2.47. The van der Waals surface area contributed by atoms with E-state index in [-0.39, 0.29) is 35.0 Å². The molecule has 48 heavy (non-hydrogen) atoms. The van der Waals surface area contributed by atoms with Gasteiger partial charge in [-0.3, -0.25) is 29.0 Å². The summed E-state index contributed by atoms with van der Waals surface area (Å²) in [7, 11) is 0. The Morgan fingerprint density at radius 1 is 0.542 bits per heavy atom. The van der Waals surface area contributed by atoms with Crippen LogP contribution in [0.5, 0.6) is 0 Å². The van der Waals surface area contributed by atoms with E-state index in [1.165, 1.54) is 9.80 Å². The summed E-state index contributed by atoms with van der Waals surface area (Å²) >= 11 is 0. The number of carbonyl (C=O) groups is 4. The van der Waals surface area contributed by atoms with Gasteiger partial charge in [0.2, 0.25) is 0 Å². The van der Waals surface area contributed by atoms with Crippen molar-refractivity contribution in [2.75, 3.05) is 0 Å². The Balaban J connectivity index is 1.57. The van der Waals surface area contributed by atoms with Gasteiger partial charge in [0, 0.05) is 55.5 Å². The molecule has 240 valence electrons. The van der Waals surface area contributed by atoms with Crippen LogP contribution < -0.4 is 0 Å². The van der Waals surface area contributed by atoms with Crippen molar-refractivity contribution < 1.29 is 19.2 Å². The van der Waals surface area contributed by atoms with Crippen LogP contribution in [-0.2, 0) is 0 Å². The summed E-state index contributed by atoms with van der Waals surface area (Å²) in [5.74, 6) is -1.56. The van der Waals surface area contributed by atoms with Gasteiger partial charge >= 0.3 is 0 Å². The second-order valence-corrected chi connectivity index (χ2v) is 13.1. The minimum absolute atomic E-state index is 0.255. The molecule has 0 aromatic heterocycles. The molecule has 7 rings (SSSR count). The molecule has 0 saturated heterocycles. The Hall–Kier alpha value is -5.34. The zero-order valence-electron chi connectivity index (χ0n) is 27.7. The molecule has 4 amide bonds. The van der Waals surface area contributed by atoms with E-state index in [0.29, 0.717) is 91.0 Å². The zero-order valence-corrected chi connectivity index (χ0v) is 27.7.